The van der Waals surface area contributed by atoms with Crippen LogP contribution in [-0.2, 0) is 28.4 Å². The Hall–Kier alpha value is -3.20. The maximum Gasteiger partial charge on any atom is 0.338 e. The lowest BCUT2D eigenvalue weighted by molar-refractivity contribution is -0.459. The Morgan fingerprint density at radius 2 is 1.52 bits per heavy atom. The Labute approximate surface area is 327 Å². The van der Waals surface area contributed by atoms with Crippen molar-refractivity contribution >= 4 is 11.9 Å². The molecule has 3 bridgehead atoms. The van der Waals surface area contributed by atoms with E-state index in [1.165, 1.54) is 0 Å². The van der Waals surface area contributed by atoms with Crippen LogP contribution in [0.4, 0.5) is 0 Å². The topological polar surface area (TPSA) is 174 Å². The highest BCUT2D eigenvalue weighted by molar-refractivity contribution is 5.90. The zero-order valence-electron chi connectivity index (χ0n) is 32.3. The molecule has 0 radical (unpaired) electrons. The van der Waals surface area contributed by atoms with Gasteiger partial charge >= 0.3 is 17.9 Å². The van der Waals surface area contributed by atoms with Gasteiger partial charge in [0.25, 0.3) is 0 Å². The van der Waals surface area contributed by atoms with Crippen molar-refractivity contribution in [2.24, 2.45) is 35.5 Å². The smallest absolute Gasteiger partial charge is 0.338 e. The highest BCUT2D eigenvalue weighted by Gasteiger charge is 2.91. The summed E-state index contributed by atoms with van der Waals surface area (Å²) in [5.74, 6) is -6.91. The van der Waals surface area contributed by atoms with Gasteiger partial charge in [0.05, 0.1) is 29.9 Å². The fraction of sp³-hybridized carbons (Fsp3) is 0.636. The fourth-order valence-electron chi connectivity index (χ4n) is 12.4. The van der Waals surface area contributed by atoms with Gasteiger partial charge in [-0.05, 0) is 67.4 Å². The second-order valence-electron chi connectivity index (χ2n) is 17.8. The Bertz CT molecular complexity index is 1860. The molecular formula is C44H54O12. The zero-order chi connectivity index (χ0) is 39.4. The van der Waals surface area contributed by atoms with Crippen LogP contribution in [0, 0.1) is 35.5 Å². The molecule has 0 amide bonds. The van der Waals surface area contributed by atoms with Gasteiger partial charge in [-0.3, -0.25) is 0 Å². The van der Waals surface area contributed by atoms with Crippen LogP contribution in [0.1, 0.15) is 86.4 Å². The van der Waals surface area contributed by atoms with E-state index in [9.17, 15) is 30.0 Å². The Morgan fingerprint density at radius 3 is 2.16 bits per heavy atom. The molecule has 3 unspecified atom stereocenters. The summed E-state index contributed by atoms with van der Waals surface area (Å²) < 4.78 is 40.4. The summed E-state index contributed by atoms with van der Waals surface area (Å²) in [4.78, 5) is 27.7. The average molecular weight is 775 g/mol. The molecule has 2 aromatic carbocycles. The largest absolute Gasteiger partial charge is 0.462 e. The molecule has 302 valence electrons. The van der Waals surface area contributed by atoms with Crippen LogP contribution in [0.3, 0.4) is 0 Å². The van der Waals surface area contributed by atoms with Crippen LogP contribution in [0.2, 0.25) is 0 Å². The molecule has 9 rings (SSSR count). The Morgan fingerprint density at radius 1 is 0.875 bits per heavy atom. The zero-order valence-corrected chi connectivity index (χ0v) is 32.3. The number of fused-ring (bicyclic) bond motifs is 1. The predicted molar refractivity (Wildman–Crippen MR) is 199 cm³/mol. The Kier molecular flexibility index (Phi) is 9.19. The summed E-state index contributed by atoms with van der Waals surface area (Å²) in [6, 6.07) is 17.2. The van der Waals surface area contributed by atoms with E-state index in [0.29, 0.717) is 24.0 Å². The molecule has 3 aliphatic carbocycles. The van der Waals surface area contributed by atoms with Gasteiger partial charge in [0.15, 0.2) is 0 Å². The van der Waals surface area contributed by atoms with Crippen molar-refractivity contribution in [3.63, 3.8) is 0 Å². The van der Waals surface area contributed by atoms with Crippen molar-refractivity contribution in [2.75, 3.05) is 13.2 Å². The molecule has 0 aromatic heterocycles. The number of hydrogen-bond acceptors (Lipinski definition) is 12. The highest BCUT2D eigenvalue weighted by atomic mass is 16.9. The van der Waals surface area contributed by atoms with Crippen LogP contribution >= 0.6 is 0 Å². The molecule has 4 saturated heterocycles. The first-order valence-corrected chi connectivity index (χ1v) is 20.4. The van der Waals surface area contributed by atoms with Gasteiger partial charge in [-0.25, -0.2) is 9.59 Å². The number of carbonyl (C=O) groups excluding carboxylic acids is 2. The quantitative estimate of drug-likeness (QED) is 0.179. The minimum atomic E-state index is -2.27. The lowest BCUT2D eigenvalue weighted by atomic mass is 9.51. The molecule has 16 atom stereocenters. The van der Waals surface area contributed by atoms with Crippen LogP contribution in [-0.4, -0.2) is 104 Å². The molecule has 4 N–H and O–H groups in total. The number of carbonyl (C=O) groups is 2. The van der Waals surface area contributed by atoms with E-state index in [4.69, 9.17) is 28.4 Å². The van der Waals surface area contributed by atoms with Crippen LogP contribution < -0.4 is 0 Å². The normalized spacial score (nSPS) is 47.3. The van der Waals surface area contributed by atoms with Gasteiger partial charge < -0.3 is 48.8 Å². The van der Waals surface area contributed by atoms with E-state index in [2.05, 4.69) is 13.5 Å². The monoisotopic (exact) mass is 774 g/mol. The molecule has 12 nitrogen and oxygen atoms in total. The molecule has 3 saturated carbocycles. The maximum atomic E-state index is 14.0. The van der Waals surface area contributed by atoms with E-state index >= 15 is 0 Å². The molecule has 7 fully saturated rings. The molecule has 2 aromatic rings. The van der Waals surface area contributed by atoms with Gasteiger partial charge in [-0.15, -0.1) is 0 Å². The second kappa shape index (κ2) is 13.4. The first-order chi connectivity index (χ1) is 26.8. The van der Waals surface area contributed by atoms with Crippen LogP contribution in [0.15, 0.2) is 72.8 Å². The third-order valence-electron chi connectivity index (χ3n) is 14.9. The number of epoxide rings is 1. The number of ether oxygens (including phenoxy) is 6. The highest BCUT2D eigenvalue weighted by Crippen LogP contribution is 2.75. The van der Waals surface area contributed by atoms with Gasteiger partial charge in [0.2, 0.25) is 0 Å². The van der Waals surface area contributed by atoms with Crippen molar-refractivity contribution in [2.45, 2.75) is 125 Å². The number of aliphatic hydroxyl groups is 4. The summed E-state index contributed by atoms with van der Waals surface area (Å²) in [6.45, 7) is 9.43. The van der Waals surface area contributed by atoms with Gasteiger partial charge in [0.1, 0.15) is 47.3 Å². The molecular weight excluding hydrogens is 720 g/mol. The number of esters is 2. The summed E-state index contributed by atoms with van der Waals surface area (Å²) in [7, 11) is 0. The van der Waals surface area contributed by atoms with Crippen molar-refractivity contribution in [1.82, 2.24) is 0 Å². The van der Waals surface area contributed by atoms with E-state index in [-0.39, 0.29) is 24.5 Å². The number of hydrogen-bond donors (Lipinski definition) is 4. The van der Waals surface area contributed by atoms with E-state index in [1.807, 2.05) is 19.9 Å². The average Bonchev–Trinajstić information content (AvgIpc) is 3.84. The molecule has 4 aliphatic heterocycles. The third-order valence-corrected chi connectivity index (χ3v) is 14.9. The summed E-state index contributed by atoms with van der Waals surface area (Å²) in [5, 5.41) is 50.1. The molecule has 56 heavy (non-hydrogen) atoms. The molecule has 4 heterocycles. The first kappa shape index (κ1) is 38.3. The minimum Gasteiger partial charge on any atom is -0.462 e. The third kappa shape index (κ3) is 5.12. The SMILES string of the molecule is C=C(C)[C@]12C[C@@H](COC(=O)c3ccccc3)[C@@]34OC5(O[C@H]1[C@@H]3[C@@H]1O[C@]1(CO)[C@@H](O)[C@@]1(O)C4C([C@H](C)CCCCCC[C@H]5O)[C@H](C)[C@@H]1OC(=O)c1ccccc1)O2. The lowest BCUT2D eigenvalue weighted by Gasteiger charge is -2.62. The fourth-order valence-corrected chi connectivity index (χ4v) is 12.4. The summed E-state index contributed by atoms with van der Waals surface area (Å²) >= 11 is 0. The van der Waals surface area contributed by atoms with Crippen molar-refractivity contribution in [1.29, 1.82) is 0 Å². The Balaban J connectivity index is 1.28. The molecule has 12 heteroatoms. The van der Waals surface area contributed by atoms with Crippen molar-refractivity contribution < 1.29 is 58.4 Å². The van der Waals surface area contributed by atoms with Gasteiger partial charge in [0, 0.05) is 17.8 Å². The van der Waals surface area contributed by atoms with Crippen LogP contribution in [0.5, 0.6) is 0 Å². The van der Waals surface area contributed by atoms with Crippen molar-refractivity contribution in [3.8, 4) is 0 Å². The van der Waals surface area contributed by atoms with E-state index < -0.39 is 107 Å². The predicted octanol–water partition coefficient (Wildman–Crippen LogP) is 4.33. The number of rotatable bonds is 7. The summed E-state index contributed by atoms with van der Waals surface area (Å²) in [6.07, 6.45) is -1.51. The lowest BCUT2D eigenvalue weighted by Crippen LogP contribution is -2.75. The standard InChI is InChI=1S/C44H54O12/c1-24(2)40-21-29(22-51-37(47)27-16-10-7-11-17-27)43-32-35(40)54-44(55-40,56-43)30(46)20-14-6-5-9-15-25(3)31-26(4)34(52-38(48)28-18-12-8-13-19-28)42(50,33(31)43)39(49)41(23-45)36(32)53-41/h7-8,10-13,16-19,25-26,29-36,39,45-46,49-50H,1,5-6,9,14-15,20-23H2,2-4H3/t25-,26+,29+,30-,31?,32-,33?,34+,35+,36+,39-,40-,41+,42-,43-,44?/m1/s1. The van der Waals surface area contributed by atoms with Gasteiger partial charge in [-0.2, -0.15) is 0 Å². The first-order valence-electron chi connectivity index (χ1n) is 20.4. The van der Waals surface area contributed by atoms with E-state index in [0.717, 1.165) is 25.7 Å². The second-order valence-corrected chi connectivity index (χ2v) is 17.8. The minimum absolute atomic E-state index is 0.0865. The van der Waals surface area contributed by atoms with Crippen LogP contribution in [0.25, 0.3) is 0 Å². The molecule has 2 spiro atoms. The van der Waals surface area contributed by atoms with E-state index in [1.54, 1.807) is 54.6 Å². The number of aliphatic hydroxyl groups excluding tert-OH is 3. The van der Waals surface area contributed by atoms with Crippen molar-refractivity contribution in [3.05, 3.63) is 83.9 Å². The summed E-state index contributed by atoms with van der Waals surface area (Å²) in [5.41, 5.74) is -5.58. The number of benzene rings is 2. The van der Waals surface area contributed by atoms with Gasteiger partial charge in [-0.1, -0.05) is 88.9 Å². The molecule has 7 aliphatic rings. The maximum absolute atomic E-state index is 14.0.